The molecule has 1 saturated heterocycles. The summed E-state index contributed by atoms with van der Waals surface area (Å²) >= 11 is 0. The Bertz CT molecular complexity index is 868. The number of piperazine rings is 1. The number of hydrogen-bond acceptors (Lipinski definition) is 5. The first-order valence-electron chi connectivity index (χ1n) is 9.51. The maximum Gasteiger partial charge on any atom is 0.243 e. The second-order valence-corrected chi connectivity index (χ2v) is 9.87. The summed E-state index contributed by atoms with van der Waals surface area (Å²) in [6, 6.07) is 7.50. The lowest BCUT2D eigenvalue weighted by atomic mass is 9.90. The first-order valence-corrected chi connectivity index (χ1v) is 11.0. The molecule has 1 aliphatic rings. The Balaban J connectivity index is 1.97. The summed E-state index contributed by atoms with van der Waals surface area (Å²) in [6.07, 6.45) is 0. The number of rotatable bonds is 6. The second-order valence-electron chi connectivity index (χ2n) is 7.97. The van der Waals surface area contributed by atoms with Crippen molar-refractivity contribution in [1.82, 2.24) is 14.5 Å². The van der Waals surface area contributed by atoms with E-state index in [-0.39, 0.29) is 18.4 Å². The fraction of sp³-hybridized carbons (Fsp3) is 0.600. The van der Waals surface area contributed by atoms with Gasteiger partial charge in [0.15, 0.2) is 0 Å². The molecular weight excluding hydrogens is 376 g/mol. The second kappa shape index (κ2) is 8.60. The number of carbonyl (C=O) groups excluding carboxylic acids is 1. The van der Waals surface area contributed by atoms with Crippen molar-refractivity contribution in [3.63, 3.8) is 0 Å². The van der Waals surface area contributed by atoms with Crippen LogP contribution in [-0.2, 0) is 14.8 Å². The van der Waals surface area contributed by atoms with Gasteiger partial charge in [0.1, 0.15) is 5.54 Å². The molecule has 0 radical (unpaired) electrons. The maximum atomic E-state index is 12.9. The molecule has 8 heteroatoms. The normalized spacial score (nSPS) is 18.5. The van der Waals surface area contributed by atoms with Gasteiger partial charge in [0.25, 0.3) is 0 Å². The predicted molar refractivity (Wildman–Crippen MR) is 108 cm³/mol. The summed E-state index contributed by atoms with van der Waals surface area (Å²) < 4.78 is 27.4. The topological polar surface area (TPSA) is 93.5 Å². The Morgan fingerprint density at radius 3 is 2.36 bits per heavy atom. The highest BCUT2D eigenvalue weighted by molar-refractivity contribution is 7.89. The van der Waals surface area contributed by atoms with E-state index >= 15 is 0 Å². The van der Waals surface area contributed by atoms with E-state index in [4.69, 9.17) is 0 Å². The highest BCUT2D eigenvalue weighted by Crippen LogP contribution is 2.22. The molecule has 1 N–H and O–H groups in total. The van der Waals surface area contributed by atoms with Gasteiger partial charge in [-0.25, -0.2) is 8.42 Å². The van der Waals surface area contributed by atoms with Gasteiger partial charge in [-0.15, -0.1) is 0 Å². The first kappa shape index (κ1) is 22.3. The molecule has 1 aromatic rings. The zero-order valence-electron chi connectivity index (χ0n) is 17.3. The van der Waals surface area contributed by atoms with Gasteiger partial charge in [-0.2, -0.15) is 9.57 Å². The molecule has 1 aliphatic heterocycles. The van der Waals surface area contributed by atoms with Crippen LogP contribution in [0.3, 0.4) is 0 Å². The number of carbonyl (C=O) groups is 1. The Hall–Kier alpha value is -1.95. The van der Waals surface area contributed by atoms with Gasteiger partial charge in [-0.05, 0) is 38.3 Å². The van der Waals surface area contributed by atoms with Crippen LogP contribution in [0.4, 0.5) is 0 Å². The lowest BCUT2D eigenvalue weighted by Crippen LogP contribution is -2.55. The molecule has 7 nitrogen and oxygen atoms in total. The number of sulfonamides is 1. The van der Waals surface area contributed by atoms with Crippen molar-refractivity contribution < 1.29 is 13.2 Å². The minimum absolute atomic E-state index is 0.0128. The van der Waals surface area contributed by atoms with Crippen LogP contribution in [0.15, 0.2) is 23.1 Å². The van der Waals surface area contributed by atoms with Crippen LogP contribution in [-0.4, -0.2) is 61.8 Å². The van der Waals surface area contributed by atoms with Gasteiger partial charge in [0.2, 0.25) is 15.9 Å². The molecule has 0 aromatic heterocycles. The van der Waals surface area contributed by atoms with E-state index in [1.165, 1.54) is 4.31 Å². The van der Waals surface area contributed by atoms with Crippen LogP contribution in [0, 0.1) is 31.1 Å². The van der Waals surface area contributed by atoms with Crippen molar-refractivity contribution in [3.8, 4) is 6.07 Å². The number of hydrogen-bond donors (Lipinski definition) is 1. The smallest absolute Gasteiger partial charge is 0.243 e. The summed E-state index contributed by atoms with van der Waals surface area (Å²) in [7, 11) is -3.54. The Morgan fingerprint density at radius 2 is 1.86 bits per heavy atom. The van der Waals surface area contributed by atoms with Crippen LogP contribution >= 0.6 is 0 Å². The van der Waals surface area contributed by atoms with E-state index < -0.39 is 15.6 Å². The highest BCUT2D eigenvalue weighted by Gasteiger charge is 2.33. The highest BCUT2D eigenvalue weighted by atomic mass is 32.2. The van der Waals surface area contributed by atoms with E-state index in [0.717, 1.165) is 11.1 Å². The molecule has 1 amide bonds. The van der Waals surface area contributed by atoms with Crippen LogP contribution in [0.1, 0.15) is 31.9 Å². The SMILES string of the molecule is Cc1ccc(S(=O)(=O)N2CCN(CC(=O)N[C@](C)(C#N)C(C)C)CC2)c(C)c1. The number of amides is 1. The molecule has 0 aliphatic carbocycles. The van der Waals surface area contributed by atoms with E-state index in [2.05, 4.69) is 11.4 Å². The van der Waals surface area contributed by atoms with Crippen LogP contribution in [0.5, 0.6) is 0 Å². The standard InChI is InChI=1S/C20H30N4O3S/c1-15(2)20(5,14-21)22-19(25)13-23-8-10-24(11-9-23)28(26,27)18-7-6-16(3)12-17(18)4/h6-7,12,15H,8-11,13H2,1-5H3,(H,22,25)/t20-/m1/s1. The Labute approximate surface area is 168 Å². The quantitative estimate of drug-likeness (QED) is 0.776. The number of aryl methyl sites for hydroxylation is 2. The fourth-order valence-electron chi connectivity index (χ4n) is 3.19. The molecule has 1 aromatic carbocycles. The zero-order chi connectivity index (χ0) is 21.1. The van der Waals surface area contributed by atoms with Gasteiger partial charge >= 0.3 is 0 Å². The molecule has 2 rings (SSSR count). The van der Waals surface area contributed by atoms with Crippen molar-refractivity contribution in [2.45, 2.75) is 45.1 Å². The van der Waals surface area contributed by atoms with Gasteiger partial charge in [0.05, 0.1) is 17.5 Å². The van der Waals surface area contributed by atoms with Crippen molar-refractivity contribution in [1.29, 1.82) is 5.26 Å². The molecule has 1 heterocycles. The zero-order valence-corrected chi connectivity index (χ0v) is 18.1. The summed E-state index contributed by atoms with van der Waals surface area (Å²) in [5.74, 6) is -0.232. The average molecular weight is 407 g/mol. The molecular formula is C20H30N4O3S. The van der Waals surface area contributed by atoms with Crippen molar-refractivity contribution in [3.05, 3.63) is 29.3 Å². The Kier molecular flexibility index (Phi) is 6.86. The number of nitrogens with zero attached hydrogens (tertiary/aromatic N) is 3. The van der Waals surface area contributed by atoms with Crippen molar-refractivity contribution >= 4 is 15.9 Å². The van der Waals surface area contributed by atoms with E-state index in [1.807, 2.05) is 31.7 Å². The minimum atomic E-state index is -3.54. The molecule has 154 valence electrons. The third kappa shape index (κ3) is 4.90. The molecule has 0 saturated carbocycles. The molecule has 0 spiro atoms. The molecule has 28 heavy (non-hydrogen) atoms. The minimum Gasteiger partial charge on any atom is -0.337 e. The van der Waals surface area contributed by atoms with Crippen molar-refractivity contribution in [2.24, 2.45) is 5.92 Å². The number of nitriles is 1. The van der Waals surface area contributed by atoms with Gasteiger partial charge < -0.3 is 5.32 Å². The molecule has 0 bridgehead atoms. The first-order chi connectivity index (χ1) is 13.0. The van der Waals surface area contributed by atoms with Crippen molar-refractivity contribution in [2.75, 3.05) is 32.7 Å². The third-order valence-corrected chi connectivity index (χ3v) is 7.49. The monoisotopic (exact) mass is 406 g/mol. The number of benzene rings is 1. The summed E-state index contributed by atoms with van der Waals surface area (Å²) in [5.41, 5.74) is 0.856. The molecule has 0 unspecified atom stereocenters. The summed E-state index contributed by atoms with van der Waals surface area (Å²) in [4.78, 5) is 14.6. The van der Waals surface area contributed by atoms with Gasteiger partial charge in [-0.1, -0.05) is 31.5 Å². The average Bonchev–Trinajstić information content (AvgIpc) is 2.61. The van der Waals surface area contributed by atoms with Crippen LogP contribution in [0.2, 0.25) is 0 Å². The largest absolute Gasteiger partial charge is 0.337 e. The summed E-state index contributed by atoms with van der Waals surface area (Å²) in [6.45, 7) is 11.0. The molecule has 1 atom stereocenters. The third-order valence-electron chi connectivity index (χ3n) is 5.43. The lowest BCUT2D eigenvalue weighted by Gasteiger charge is -2.35. The van der Waals surface area contributed by atoms with Gasteiger partial charge in [-0.3, -0.25) is 9.69 Å². The fourth-order valence-corrected chi connectivity index (χ4v) is 4.82. The van der Waals surface area contributed by atoms with Crippen LogP contribution in [0.25, 0.3) is 0 Å². The van der Waals surface area contributed by atoms with E-state index in [0.29, 0.717) is 31.1 Å². The lowest BCUT2D eigenvalue weighted by molar-refractivity contribution is -0.124. The predicted octanol–water partition coefficient (Wildman–Crippen LogP) is 1.66. The van der Waals surface area contributed by atoms with E-state index in [1.54, 1.807) is 26.0 Å². The van der Waals surface area contributed by atoms with Gasteiger partial charge in [0, 0.05) is 26.2 Å². The summed E-state index contributed by atoms with van der Waals surface area (Å²) in [5, 5.41) is 12.1. The van der Waals surface area contributed by atoms with Crippen LogP contribution < -0.4 is 5.32 Å². The molecule has 1 fully saturated rings. The Morgan fingerprint density at radius 1 is 1.25 bits per heavy atom. The maximum absolute atomic E-state index is 12.9. The van der Waals surface area contributed by atoms with E-state index in [9.17, 15) is 18.5 Å². The number of nitrogens with one attached hydrogen (secondary N) is 1.